The molecule has 0 amide bonds. The molecule has 0 aromatic heterocycles. The molecule has 0 heterocycles. The Balaban J connectivity index is 4.30. The van der Waals surface area contributed by atoms with Crippen molar-refractivity contribution in [3.63, 3.8) is 0 Å². The zero-order valence-electron chi connectivity index (χ0n) is 39.5. The first kappa shape index (κ1) is 56.4. The lowest BCUT2D eigenvalue weighted by Gasteiger charge is -2.18. The quantitative estimate of drug-likeness (QED) is 0.0346. The molecule has 6 heteroatoms. The largest absolute Gasteiger partial charge is 0.462 e. The van der Waals surface area contributed by atoms with E-state index in [4.69, 9.17) is 14.2 Å². The molecule has 0 saturated carbocycles. The molecular formula is C52H100O6. The van der Waals surface area contributed by atoms with Gasteiger partial charge < -0.3 is 14.2 Å². The maximum atomic E-state index is 12.8. The Kier molecular flexibility index (Phi) is 45.2. The second kappa shape index (κ2) is 46.5. The predicted molar refractivity (Wildman–Crippen MR) is 247 cm³/mol. The maximum absolute atomic E-state index is 12.8. The maximum Gasteiger partial charge on any atom is 0.306 e. The first-order chi connectivity index (χ1) is 28.4. The number of carbonyl (C=O) groups excluding carboxylic acids is 3. The summed E-state index contributed by atoms with van der Waals surface area (Å²) in [6.07, 6.45) is 48.0. The zero-order chi connectivity index (χ0) is 42.4. The van der Waals surface area contributed by atoms with Crippen molar-refractivity contribution in [2.45, 2.75) is 297 Å². The van der Waals surface area contributed by atoms with Crippen LogP contribution in [0.25, 0.3) is 0 Å². The minimum atomic E-state index is -0.760. The second-order valence-electron chi connectivity index (χ2n) is 18.3. The van der Waals surface area contributed by atoms with Crippen LogP contribution in [0.2, 0.25) is 0 Å². The van der Waals surface area contributed by atoms with E-state index < -0.39 is 6.10 Å². The van der Waals surface area contributed by atoms with Crippen LogP contribution in [-0.4, -0.2) is 37.2 Å². The highest BCUT2D eigenvalue weighted by Gasteiger charge is 2.19. The van der Waals surface area contributed by atoms with Gasteiger partial charge in [-0.15, -0.1) is 0 Å². The van der Waals surface area contributed by atoms with E-state index in [0.29, 0.717) is 19.3 Å². The van der Waals surface area contributed by atoms with E-state index in [1.807, 2.05) is 0 Å². The third-order valence-electron chi connectivity index (χ3n) is 11.8. The Labute approximate surface area is 361 Å². The highest BCUT2D eigenvalue weighted by Crippen LogP contribution is 2.17. The first-order valence-electron chi connectivity index (χ1n) is 25.9. The molecule has 0 radical (unpaired) electrons. The van der Waals surface area contributed by atoms with Crippen molar-refractivity contribution < 1.29 is 28.6 Å². The normalized spacial score (nSPS) is 11.9. The molecule has 0 bridgehead atoms. The summed E-state index contributed by atoms with van der Waals surface area (Å²) in [5, 5.41) is 0. The summed E-state index contributed by atoms with van der Waals surface area (Å²) in [5.74, 6) is -0.0285. The molecule has 0 N–H and O–H groups in total. The van der Waals surface area contributed by atoms with Gasteiger partial charge in [-0.05, 0) is 25.2 Å². The van der Waals surface area contributed by atoms with Gasteiger partial charge in [0.15, 0.2) is 6.10 Å². The van der Waals surface area contributed by atoms with Crippen LogP contribution in [0.5, 0.6) is 0 Å². The molecule has 1 atom stereocenters. The van der Waals surface area contributed by atoms with Gasteiger partial charge in [-0.1, -0.05) is 252 Å². The monoisotopic (exact) mass is 821 g/mol. The van der Waals surface area contributed by atoms with E-state index >= 15 is 0 Å². The summed E-state index contributed by atoms with van der Waals surface area (Å²) in [6.45, 7) is 9.01. The summed E-state index contributed by atoms with van der Waals surface area (Å²) >= 11 is 0. The van der Waals surface area contributed by atoms with Gasteiger partial charge in [-0.25, -0.2) is 0 Å². The van der Waals surface area contributed by atoms with Gasteiger partial charge in [-0.2, -0.15) is 0 Å². The van der Waals surface area contributed by atoms with Crippen molar-refractivity contribution in [3.05, 3.63) is 0 Å². The fourth-order valence-corrected chi connectivity index (χ4v) is 7.86. The Morgan fingerprint density at radius 3 is 0.845 bits per heavy atom. The average Bonchev–Trinajstić information content (AvgIpc) is 3.21. The van der Waals surface area contributed by atoms with Gasteiger partial charge in [0.05, 0.1) is 0 Å². The van der Waals surface area contributed by atoms with Crippen molar-refractivity contribution in [1.82, 2.24) is 0 Å². The molecule has 0 aromatic carbocycles. The van der Waals surface area contributed by atoms with E-state index in [9.17, 15) is 14.4 Å². The molecule has 0 spiro atoms. The molecule has 0 aliphatic carbocycles. The topological polar surface area (TPSA) is 78.9 Å². The molecule has 0 aliphatic rings. The molecule has 0 rings (SSSR count). The lowest BCUT2D eigenvalue weighted by atomic mass is 10.0. The molecule has 0 aromatic rings. The van der Waals surface area contributed by atoms with Gasteiger partial charge in [0.2, 0.25) is 0 Å². The Bertz CT molecular complexity index is 872. The molecule has 58 heavy (non-hydrogen) atoms. The van der Waals surface area contributed by atoms with Crippen LogP contribution in [0.3, 0.4) is 0 Å². The van der Waals surface area contributed by atoms with Crippen molar-refractivity contribution in [3.8, 4) is 0 Å². The third-order valence-corrected chi connectivity index (χ3v) is 11.8. The molecule has 0 unspecified atom stereocenters. The van der Waals surface area contributed by atoms with E-state index in [2.05, 4.69) is 27.7 Å². The average molecular weight is 821 g/mol. The third kappa shape index (κ3) is 45.5. The minimum Gasteiger partial charge on any atom is -0.462 e. The summed E-state index contributed by atoms with van der Waals surface area (Å²) < 4.78 is 16.8. The summed E-state index contributed by atoms with van der Waals surface area (Å²) in [4.78, 5) is 37.9. The second-order valence-corrected chi connectivity index (χ2v) is 18.3. The van der Waals surface area contributed by atoms with Crippen molar-refractivity contribution in [2.75, 3.05) is 13.2 Å². The number of carbonyl (C=O) groups is 3. The highest BCUT2D eigenvalue weighted by molar-refractivity contribution is 5.71. The predicted octanol–water partition coefficient (Wildman–Crippen LogP) is 16.7. The Hall–Kier alpha value is -1.59. The minimum absolute atomic E-state index is 0.0628. The summed E-state index contributed by atoms with van der Waals surface area (Å²) in [5.41, 5.74) is 0. The van der Waals surface area contributed by atoms with E-state index in [-0.39, 0.29) is 31.1 Å². The smallest absolute Gasteiger partial charge is 0.306 e. The van der Waals surface area contributed by atoms with Crippen LogP contribution >= 0.6 is 0 Å². The van der Waals surface area contributed by atoms with Gasteiger partial charge in [-0.3, -0.25) is 14.4 Å². The van der Waals surface area contributed by atoms with Crippen molar-refractivity contribution >= 4 is 17.9 Å². The number of unbranched alkanes of at least 4 members (excludes halogenated alkanes) is 34. The SMILES string of the molecule is CCCCCCCCCCCCCCCCCC(=O)OC[C@H](COC(=O)CCCCCCCCCCCCCC)OC(=O)CCCCCCCCCCCCC(C)C. The van der Waals surface area contributed by atoms with E-state index in [0.717, 1.165) is 63.7 Å². The van der Waals surface area contributed by atoms with Crippen LogP contribution in [0.15, 0.2) is 0 Å². The number of esters is 3. The van der Waals surface area contributed by atoms with E-state index in [1.165, 1.54) is 186 Å². The molecule has 0 saturated heterocycles. The lowest BCUT2D eigenvalue weighted by Crippen LogP contribution is -2.30. The summed E-state index contributed by atoms with van der Waals surface area (Å²) in [6, 6.07) is 0. The Morgan fingerprint density at radius 1 is 0.328 bits per heavy atom. The highest BCUT2D eigenvalue weighted by atomic mass is 16.6. The van der Waals surface area contributed by atoms with Gasteiger partial charge >= 0.3 is 17.9 Å². The fraction of sp³-hybridized carbons (Fsp3) is 0.942. The molecule has 0 aliphatic heterocycles. The van der Waals surface area contributed by atoms with E-state index in [1.54, 1.807) is 0 Å². The van der Waals surface area contributed by atoms with Crippen LogP contribution in [-0.2, 0) is 28.6 Å². The zero-order valence-corrected chi connectivity index (χ0v) is 39.5. The van der Waals surface area contributed by atoms with Crippen LogP contribution in [0.1, 0.15) is 291 Å². The Morgan fingerprint density at radius 2 is 0.569 bits per heavy atom. The number of ether oxygens (including phenoxy) is 3. The van der Waals surface area contributed by atoms with Gasteiger partial charge in [0, 0.05) is 19.3 Å². The van der Waals surface area contributed by atoms with Crippen molar-refractivity contribution in [1.29, 1.82) is 0 Å². The fourth-order valence-electron chi connectivity index (χ4n) is 7.86. The van der Waals surface area contributed by atoms with Crippen LogP contribution in [0.4, 0.5) is 0 Å². The van der Waals surface area contributed by atoms with Crippen molar-refractivity contribution in [2.24, 2.45) is 5.92 Å². The molecule has 344 valence electrons. The molecular weight excluding hydrogens is 721 g/mol. The molecule has 6 nitrogen and oxygen atoms in total. The number of rotatable bonds is 47. The lowest BCUT2D eigenvalue weighted by molar-refractivity contribution is -0.167. The van der Waals surface area contributed by atoms with Gasteiger partial charge in [0.1, 0.15) is 13.2 Å². The standard InChI is InChI=1S/C52H100O6/c1-5-7-9-11-13-15-17-19-20-21-23-28-32-36-40-44-51(54)57-47-49(46-56-50(53)43-39-35-31-27-22-18-16-14-12-10-8-6-2)58-52(55)45-41-37-33-29-25-24-26-30-34-38-42-48(3)4/h48-49H,5-47H2,1-4H3/t49-/m0/s1. The molecule has 0 fully saturated rings. The van der Waals surface area contributed by atoms with Gasteiger partial charge in [0.25, 0.3) is 0 Å². The number of hydrogen-bond donors (Lipinski definition) is 0. The summed E-state index contributed by atoms with van der Waals surface area (Å²) in [7, 11) is 0. The first-order valence-corrected chi connectivity index (χ1v) is 25.9. The van der Waals surface area contributed by atoms with Crippen LogP contribution < -0.4 is 0 Å². The number of hydrogen-bond acceptors (Lipinski definition) is 6. The van der Waals surface area contributed by atoms with Crippen LogP contribution in [0, 0.1) is 5.92 Å².